The quantitative estimate of drug-likeness (QED) is 0.395. The van der Waals surface area contributed by atoms with Crippen molar-refractivity contribution in [3.8, 4) is 5.88 Å². The maximum atomic E-state index is 14.8. The lowest BCUT2D eigenvalue weighted by molar-refractivity contribution is 0.0686. The predicted octanol–water partition coefficient (Wildman–Crippen LogP) is 6.28. The van der Waals surface area contributed by atoms with Crippen molar-refractivity contribution in [2.24, 2.45) is 0 Å². The van der Waals surface area contributed by atoms with Crippen LogP contribution in [0.4, 0.5) is 8.78 Å². The van der Waals surface area contributed by atoms with E-state index in [2.05, 4.69) is 41.1 Å². The van der Waals surface area contributed by atoms with Gasteiger partial charge in [0.25, 0.3) is 0 Å². The molecule has 0 saturated carbocycles. The number of unbranched alkanes of at least 4 members (excludes halogenated alkanes) is 3. The van der Waals surface area contributed by atoms with Crippen LogP contribution in [-0.4, -0.2) is 46.4 Å². The van der Waals surface area contributed by atoms with Gasteiger partial charge in [0, 0.05) is 12.6 Å². The van der Waals surface area contributed by atoms with Crippen molar-refractivity contribution in [1.29, 1.82) is 0 Å². The topological polar surface area (TPSA) is 38.3 Å². The molecule has 33 heavy (non-hydrogen) atoms. The summed E-state index contributed by atoms with van der Waals surface area (Å²) in [6.07, 6.45) is 8.55. The molecule has 1 aromatic carbocycles. The molecule has 178 valence electrons. The van der Waals surface area contributed by atoms with Gasteiger partial charge in [0.05, 0.1) is 37.4 Å². The minimum atomic E-state index is -1.31. The van der Waals surface area contributed by atoms with Gasteiger partial charge in [-0.1, -0.05) is 30.7 Å². The first-order valence-corrected chi connectivity index (χ1v) is 12.1. The number of benzene rings is 1. The molecule has 0 amide bonds. The molecule has 2 aromatic rings. The Hall–Kier alpha value is -2.34. The van der Waals surface area contributed by atoms with Crippen LogP contribution >= 0.6 is 0 Å². The monoisotopic (exact) mass is 455 g/mol. The van der Waals surface area contributed by atoms with Gasteiger partial charge in [-0.2, -0.15) is 0 Å². The fourth-order valence-electron chi connectivity index (χ4n) is 5.12. The van der Waals surface area contributed by atoms with E-state index in [4.69, 9.17) is 9.72 Å². The SMILES string of the molecule is C[C@@H]1CC2=C(Cc3ccccc32)[C@@H](c2cnc(OCCCCCCF)cn2)N1CC(C)(C)F. The van der Waals surface area contributed by atoms with Crippen molar-refractivity contribution in [2.75, 3.05) is 19.8 Å². The van der Waals surface area contributed by atoms with Gasteiger partial charge in [0.1, 0.15) is 5.67 Å². The molecule has 0 N–H and O–H groups in total. The fourth-order valence-corrected chi connectivity index (χ4v) is 5.12. The van der Waals surface area contributed by atoms with Crippen molar-refractivity contribution >= 4 is 5.57 Å². The summed E-state index contributed by atoms with van der Waals surface area (Å²) in [4.78, 5) is 11.5. The molecule has 6 heteroatoms. The van der Waals surface area contributed by atoms with E-state index in [-0.39, 0.29) is 18.8 Å². The average molecular weight is 456 g/mol. The summed E-state index contributed by atoms with van der Waals surface area (Å²) in [5.74, 6) is 0.495. The summed E-state index contributed by atoms with van der Waals surface area (Å²) in [5, 5.41) is 0. The van der Waals surface area contributed by atoms with Crippen LogP contribution in [-0.2, 0) is 6.42 Å². The zero-order valence-corrected chi connectivity index (χ0v) is 20.0. The Morgan fingerprint density at radius 1 is 1.09 bits per heavy atom. The second-order valence-electron chi connectivity index (χ2n) is 9.92. The first-order chi connectivity index (χ1) is 15.9. The van der Waals surface area contributed by atoms with Gasteiger partial charge in [-0.05, 0) is 75.1 Å². The second-order valence-corrected chi connectivity index (χ2v) is 9.92. The van der Waals surface area contributed by atoms with E-state index < -0.39 is 5.67 Å². The first kappa shape index (κ1) is 23.8. The summed E-state index contributed by atoms with van der Waals surface area (Å²) in [6, 6.07) is 8.66. The maximum absolute atomic E-state index is 14.8. The molecule has 1 aromatic heterocycles. The van der Waals surface area contributed by atoms with Crippen molar-refractivity contribution in [3.63, 3.8) is 0 Å². The molecule has 4 nitrogen and oxygen atoms in total. The van der Waals surface area contributed by atoms with E-state index >= 15 is 0 Å². The molecular formula is C27H35F2N3O. The highest BCUT2D eigenvalue weighted by molar-refractivity contribution is 5.78. The summed E-state index contributed by atoms with van der Waals surface area (Å²) < 4.78 is 32.7. The van der Waals surface area contributed by atoms with Crippen LogP contribution in [0.2, 0.25) is 0 Å². The van der Waals surface area contributed by atoms with Crippen molar-refractivity contribution in [2.45, 2.75) is 77.0 Å². The lowest BCUT2D eigenvalue weighted by Crippen LogP contribution is -2.46. The number of hydrogen-bond acceptors (Lipinski definition) is 4. The standard InChI is InChI=1S/C27H35F2N3O/c1-19-14-22-21-11-7-6-10-20(21)15-23(22)26(32(19)18-27(2,3)29)24-16-31-25(17-30-24)33-13-9-5-4-8-12-28/h6-7,10-11,16-17,19,26H,4-5,8-9,12-15,18H2,1-3H3/t19-,26+/m1/s1. The van der Waals surface area contributed by atoms with Gasteiger partial charge in [0.15, 0.2) is 0 Å². The minimum absolute atomic E-state index is 0.103. The molecule has 0 saturated heterocycles. The van der Waals surface area contributed by atoms with E-state index in [9.17, 15) is 8.78 Å². The first-order valence-electron chi connectivity index (χ1n) is 12.1. The van der Waals surface area contributed by atoms with Crippen LogP contribution < -0.4 is 4.74 Å². The van der Waals surface area contributed by atoms with Crippen molar-refractivity contribution < 1.29 is 13.5 Å². The van der Waals surface area contributed by atoms with E-state index in [1.807, 2.05) is 0 Å². The van der Waals surface area contributed by atoms with Crippen molar-refractivity contribution in [3.05, 3.63) is 59.1 Å². The lowest BCUT2D eigenvalue weighted by Gasteiger charge is -2.43. The van der Waals surface area contributed by atoms with Gasteiger partial charge >= 0.3 is 0 Å². The highest BCUT2D eigenvalue weighted by Crippen LogP contribution is 2.48. The highest BCUT2D eigenvalue weighted by Gasteiger charge is 2.41. The average Bonchev–Trinajstić information content (AvgIpc) is 3.14. The molecule has 1 aliphatic carbocycles. The minimum Gasteiger partial charge on any atom is -0.477 e. The zero-order chi connectivity index (χ0) is 23.4. The van der Waals surface area contributed by atoms with E-state index in [1.165, 1.54) is 22.3 Å². The van der Waals surface area contributed by atoms with E-state index in [1.54, 1.807) is 26.2 Å². The number of ether oxygens (including phenoxy) is 1. The molecule has 0 fully saturated rings. The smallest absolute Gasteiger partial charge is 0.232 e. The molecule has 2 aliphatic rings. The number of hydrogen-bond donors (Lipinski definition) is 0. The van der Waals surface area contributed by atoms with E-state index in [0.717, 1.165) is 37.8 Å². The Morgan fingerprint density at radius 3 is 2.61 bits per heavy atom. The number of alkyl halides is 2. The number of aromatic nitrogens is 2. The number of halogens is 2. The Morgan fingerprint density at radius 2 is 1.88 bits per heavy atom. The van der Waals surface area contributed by atoms with Crippen LogP contribution in [0.25, 0.3) is 5.57 Å². The third-order valence-corrected chi connectivity index (χ3v) is 6.60. The Bertz CT molecular complexity index is 968. The number of fused-ring (bicyclic) bond motifs is 2. The molecule has 0 radical (unpaired) electrons. The fraction of sp³-hybridized carbons (Fsp3) is 0.556. The maximum Gasteiger partial charge on any atom is 0.232 e. The van der Waals surface area contributed by atoms with Crippen LogP contribution in [0.3, 0.4) is 0 Å². The van der Waals surface area contributed by atoms with Crippen LogP contribution in [0.5, 0.6) is 5.88 Å². The Balaban J connectivity index is 1.55. The van der Waals surface area contributed by atoms with Gasteiger partial charge in [0.2, 0.25) is 5.88 Å². The molecule has 0 unspecified atom stereocenters. The van der Waals surface area contributed by atoms with Gasteiger partial charge in [-0.3, -0.25) is 14.3 Å². The predicted molar refractivity (Wildman–Crippen MR) is 128 cm³/mol. The van der Waals surface area contributed by atoms with Crippen LogP contribution in [0, 0.1) is 0 Å². The number of nitrogens with zero attached hydrogens (tertiary/aromatic N) is 3. The Labute approximate surface area is 196 Å². The zero-order valence-electron chi connectivity index (χ0n) is 20.0. The van der Waals surface area contributed by atoms with Crippen LogP contribution in [0.1, 0.15) is 75.7 Å². The molecule has 2 atom stereocenters. The van der Waals surface area contributed by atoms with E-state index in [0.29, 0.717) is 25.5 Å². The molecular weight excluding hydrogens is 420 g/mol. The summed E-state index contributed by atoms with van der Waals surface area (Å²) in [5.41, 5.74) is 4.88. The third-order valence-electron chi connectivity index (χ3n) is 6.60. The largest absolute Gasteiger partial charge is 0.477 e. The molecule has 0 spiro atoms. The van der Waals surface area contributed by atoms with Gasteiger partial charge < -0.3 is 4.74 Å². The second kappa shape index (κ2) is 10.3. The molecule has 1 aliphatic heterocycles. The molecule has 0 bridgehead atoms. The summed E-state index contributed by atoms with van der Waals surface area (Å²) >= 11 is 0. The van der Waals surface area contributed by atoms with Gasteiger partial charge in [-0.25, -0.2) is 9.37 Å². The van der Waals surface area contributed by atoms with Crippen LogP contribution in [0.15, 0.2) is 42.2 Å². The number of rotatable bonds is 10. The normalized spacial score (nSPS) is 20.6. The highest BCUT2D eigenvalue weighted by atomic mass is 19.1. The lowest BCUT2D eigenvalue weighted by atomic mass is 9.86. The molecule has 4 rings (SSSR count). The van der Waals surface area contributed by atoms with Crippen molar-refractivity contribution in [1.82, 2.24) is 14.9 Å². The summed E-state index contributed by atoms with van der Waals surface area (Å²) in [7, 11) is 0. The van der Waals surface area contributed by atoms with Gasteiger partial charge in [-0.15, -0.1) is 0 Å². The third kappa shape index (κ3) is 5.60. The molecule has 2 heterocycles. The summed E-state index contributed by atoms with van der Waals surface area (Å²) in [6.45, 7) is 6.09. The Kier molecular flexibility index (Phi) is 7.42.